The second-order valence-electron chi connectivity index (χ2n) is 7.06. The molecule has 0 unspecified atom stereocenters. The number of hydroxylamine groups is 1. The number of pyridine rings is 1. The van der Waals surface area contributed by atoms with Crippen molar-refractivity contribution in [3.63, 3.8) is 0 Å². The Morgan fingerprint density at radius 2 is 2.23 bits per heavy atom. The fraction of sp³-hybridized carbons (Fsp3) is 0.316. The lowest BCUT2D eigenvalue weighted by Gasteiger charge is -2.17. The number of aromatic amines is 1. The molecule has 0 aliphatic carbocycles. The van der Waals surface area contributed by atoms with Gasteiger partial charge in [-0.1, -0.05) is 11.6 Å². The van der Waals surface area contributed by atoms with Gasteiger partial charge in [0.25, 0.3) is 0 Å². The summed E-state index contributed by atoms with van der Waals surface area (Å²) in [6.07, 6.45) is 1.60. The third kappa shape index (κ3) is 4.08. The number of aromatic nitrogens is 3. The van der Waals surface area contributed by atoms with Crippen LogP contribution in [0, 0.1) is 5.82 Å². The molecule has 0 radical (unpaired) electrons. The molecule has 9 nitrogen and oxygen atoms in total. The van der Waals surface area contributed by atoms with Crippen LogP contribution in [0.2, 0.25) is 5.02 Å². The third-order valence-corrected chi connectivity index (χ3v) is 5.26. The molecule has 1 aliphatic heterocycles. The first-order chi connectivity index (χ1) is 14.5. The number of ether oxygens (including phenoxy) is 1. The Bertz CT molecular complexity index is 1090. The number of imidazole rings is 1. The van der Waals surface area contributed by atoms with Gasteiger partial charge in [0.2, 0.25) is 5.95 Å². The highest BCUT2D eigenvalue weighted by molar-refractivity contribution is 6.31. The van der Waals surface area contributed by atoms with Crippen molar-refractivity contribution in [3.05, 3.63) is 46.9 Å². The molecule has 11 heteroatoms. The zero-order valence-corrected chi connectivity index (χ0v) is 17.1. The highest BCUT2D eigenvalue weighted by atomic mass is 35.5. The lowest BCUT2D eigenvalue weighted by atomic mass is 10.2. The van der Waals surface area contributed by atoms with Crippen molar-refractivity contribution < 1.29 is 14.3 Å². The summed E-state index contributed by atoms with van der Waals surface area (Å²) in [6, 6.07) is 5.78. The van der Waals surface area contributed by atoms with Crippen LogP contribution in [0.25, 0.3) is 11.2 Å². The predicted octanol–water partition coefficient (Wildman–Crippen LogP) is 2.55. The van der Waals surface area contributed by atoms with Crippen molar-refractivity contribution in [3.8, 4) is 0 Å². The number of likely N-dealkylation sites (tertiary alicyclic amines) is 1. The summed E-state index contributed by atoms with van der Waals surface area (Å²) in [5, 5.41) is 13.0. The number of nitrogens with one attached hydrogen (secondary N) is 3. The molecule has 2 atom stereocenters. The van der Waals surface area contributed by atoms with Gasteiger partial charge in [-0.05, 0) is 31.3 Å². The molecule has 3 aromatic rings. The molecular weight excluding hydrogens is 413 g/mol. The highest BCUT2D eigenvalue weighted by Crippen LogP contribution is 2.24. The molecule has 4 rings (SSSR count). The molecule has 3 heterocycles. The molecule has 1 fully saturated rings. The van der Waals surface area contributed by atoms with E-state index in [1.165, 1.54) is 18.2 Å². The van der Waals surface area contributed by atoms with Crippen LogP contribution in [0.3, 0.4) is 0 Å². The van der Waals surface area contributed by atoms with Crippen LogP contribution in [-0.4, -0.2) is 70.3 Å². The first-order valence-corrected chi connectivity index (χ1v) is 9.63. The third-order valence-electron chi connectivity index (χ3n) is 4.97. The van der Waals surface area contributed by atoms with E-state index in [0.717, 1.165) is 13.1 Å². The first-order valence-electron chi connectivity index (χ1n) is 9.25. The number of halogens is 2. The molecule has 0 saturated carbocycles. The van der Waals surface area contributed by atoms with Gasteiger partial charge >= 0.3 is 0 Å². The van der Waals surface area contributed by atoms with Crippen molar-refractivity contribution >= 4 is 40.2 Å². The summed E-state index contributed by atoms with van der Waals surface area (Å²) in [7, 11) is 3.72. The lowest BCUT2D eigenvalue weighted by molar-refractivity contribution is 0.104. The maximum Gasteiger partial charge on any atom is 0.203 e. The zero-order chi connectivity index (χ0) is 21.3. The number of hydrogen-bond acceptors (Lipinski definition) is 7. The molecule has 158 valence electrons. The number of amidine groups is 1. The quantitative estimate of drug-likeness (QED) is 0.278. The second kappa shape index (κ2) is 8.52. The van der Waals surface area contributed by atoms with E-state index in [2.05, 4.69) is 35.6 Å². The summed E-state index contributed by atoms with van der Waals surface area (Å²) in [5.74, 6) is 0.127. The molecule has 4 N–H and O–H groups in total. The van der Waals surface area contributed by atoms with Crippen LogP contribution in [0.1, 0.15) is 5.56 Å². The van der Waals surface area contributed by atoms with Crippen LogP contribution in [0.5, 0.6) is 0 Å². The Labute approximate surface area is 176 Å². The molecule has 1 aliphatic rings. The summed E-state index contributed by atoms with van der Waals surface area (Å²) in [5.41, 5.74) is 4.03. The maximum absolute atomic E-state index is 13.4. The van der Waals surface area contributed by atoms with Gasteiger partial charge in [-0.2, -0.15) is 4.98 Å². The fourth-order valence-corrected chi connectivity index (χ4v) is 3.70. The minimum Gasteiger partial charge on any atom is -0.378 e. The minimum atomic E-state index is -0.545. The van der Waals surface area contributed by atoms with E-state index in [1.807, 2.05) is 7.05 Å². The van der Waals surface area contributed by atoms with Crippen LogP contribution in [0.15, 0.2) is 35.5 Å². The second-order valence-corrected chi connectivity index (χ2v) is 7.47. The lowest BCUT2D eigenvalue weighted by Crippen LogP contribution is -2.33. The van der Waals surface area contributed by atoms with Crippen molar-refractivity contribution in [2.45, 2.75) is 12.1 Å². The van der Waals surface area contributed by atoms with E-state index in [4.69, 9.17) is 16.3 Å². The minimum absolute atomic E-state index is 0.0371. The SMILES string of the molecule is CO[C@@H]1CN(C)C[C@H]1Nc1nc2nccc(C(=Nc3ccc(F)c(Cl)c3)NO)c2[nH]1. The van der Waals surface area contributed by atoms with Gasteiger partial charge in [0.05, 0.1) is 28.4 Å². The number of rotatable bonds is 5. The number of H-pyrrole nitrogens is 1. The van der Waals surface area contributed by atoms with Crippen molar-refractivity contribution in [1.29, 1.82) is 0 Å². The van der Waals surface area contributed by atoms with Crippen LogP contribution >= 0.6 is 11.6 Å². The summed E-state index contributed by atoms with van der Waals surface area (Å²) >= 11 is 5.82. The Hall–Kier alpha value is -2.79. The number of aliphatic imine (C=N–C) groups is 1. The number of nitrogens with zero attached hydrogens (tertiary/aromatic N) is 4. The van der Waals surface area contributed by atoms with E-state index in [1.54, 1.807) is 19.4 Å². The number of anilines is 1. The van der Waals surface area contributed by atoms with E-state index in [0.29, 0.717) is 28.4 Å². The number of methoxy groups -OCH3 is 1. The van der Waals surface area contributed by atoms with E-state index >= 15 is 0 Å². The Kier molecular flexibility index (Phi) is 5.82. The number of benzene rings is 1. The molecule has 30 heavy (non-hydrogen) atoms. The highest BCUT2D eigenvalue weighted by Gasteiger charge is 2.31. The van der Waals surface area contributed by atoms with Gasteiger partial charge in [-0.15, -0.1) is 0 Å². The van der Waals surface area contributed by atoms with Gasteiger partial charge in [-0.25, -0.2) is 14.4 Å². The molecule has 0 spiro atoms. The van der Waals surface area contributed by atoms with Gasteiger partial charge in [-0.3, -0.25) is 10.7 Å². The van der Waals surface area contributed by atoms with E-state index in [9.17, 15) is 9.60 Å². The van der Waals surface area contributed by atoms with Crippen LogP contribution in [0.4, 0.5) is 16.0 Å². The molecule has 1 aromatic carbocycles. The van der Waals surface area contributed by atoms with E-state index in [-0.39, 0.29) is 23.0 Å². The summed E-state index contributed by atoms with van der Waals surface area (Å²) < 4.78 is 19.0. The molecule has 0 bridgehead atoms. The Morgan fingerprint density at radius 1 is 1.40 bits per heavy atom. The summed E-state index contributed by atoms with van der Waals surface area (Å²) in [6.45, 7) is 1.63. The van der Waals surface area contributed by atoms with Crippen LogP contribution < -0.4 is 10.8 Å². The molecule has 1 saturated heterocycles. The van der Waals surface area contributed by atoms with Crippen molar-refractivity contribution in [2.24, 2.45) is 4.99 Å². The van der Waals surface area contributed by atoms with Gasteiger partial charge in [0, 0.05) is 32.0 Å². The molecular formula is C19H21ClFN7O2. The topological polar surface area (TPSA) is 111 Å². The number of likely N-dealkylation sites (N-methyl/N-ethyl adjacent to an activating group) is 1. The zero-order valence-electron chi connectivity index (χ0n) is 16.4. The van der Waals surface area contributed by atoms with Gasteiger partial charge < -0.3 is 19.9 Å². The predicted molar refractivity (Wildman–Crippen MR) is 112 cm³/mol. The summed E-state index contributed by atoms with van der Waals surface area (Å²) in [4.78, 5) is 18.5. The number of hydrogen-bond donors (Lipinski definition) is 4. The van der Waals surface area contributed by atoms with Crippen molar-refractivity contribution in [2.75, 3.05) is 32.6 Å². The van der Waals surface area contributed by atoms with E-state index < -0.39 is 5.82 Å². The average molecular weight is 434 g/mol. The van der Waals surface area contributed by atoms with Crippen molar-refractivity contribution in [1.82, 2.24) is 25.3 Å². The van der Waals surface area contributed by atoms with Gasteiger partial charge in [0.15, 0.2) is 11.5 Å². The van der Waals surface area contributed by atoms with Crippen LogP contribution in [-0.2, 0) is 4.74 Å². The average Bonchev–Trinajstić information content (AvgIpc) is 3.31. The molecule has 2 aromatic heterocycles. The maximum atomic E-state index is 13.4. The van der Waals surface area contributed by atoms with Gasteiger partial charge in [0.1, 0.15) is 5.82 Å². The normalized spacial score (nSPS) is 20.1. The fourth-order valence-electron chi connectivity index (χ4n) is 3.52. The smallest absolute Gasteiger partial charge is 0.203 e. The monoisotopic (exact) mass is 433 g/mol. The number of fused-ring (bicyclic) bond motifs is 1. The Balaban J connectivity index is 1.67. The standard InChI is InChI=1S/C19H21ClFN7O2/c1-28-8-14(15(9-28)30-2)24-19-25-16-11(5-6-22-18(16)26-19)17(27-29)23-10-3-4-13(21)12(20)7-10/h3-7,14-15,29H,8-9H2,1-2H3,(H,23,27)(H2,22,24,25,26)/t14-,15-/m1/s1. The Morgan fingerprint density at radius 3 is 2.97 bits per heavy atom. The largest absolute Gasteiger partial charge is 0.378 e. The first kappa shape index (κ1) is 20.5. The molecule has 0 amide bonds.